The van der Waals surface area contributed by atoms with Gasteiger partial charge in [-0.3, -0.25) is 9.59 Å². The van der Waals surface area contributed by atoms with Gasteiger partial charge in [0.05, 0.1) is 13.2 Å². The summed E-state index contributed by atoms with van der Waals surface area (Å²) in [6.45, 7) is 1.91. The predicted octanol–water partition coefficient (Wildman–Crippen LogP) is -0.612. The minimum absolute atomic E-state index is 0. The molecule has 5 nitrogen and oxygen atoms in total. The second-order valence-corrected chi connectivity index (χ2v) is 2.26. The highest BCUT2D eigenvalue weighted by Gasteiger charge is 2.10. The molecule has 0 aliphatic rings. The molecular weight excluding hydrogens is 196 g/mol. The second-order valence-electron chi connectivity index (χ2n) is 2.26. The van der Waals surface area contributed by atoms with Crippen LogP contribution >= 0.6 is 12.4 Å². The van der Waals surface area contributed by atoms with Crippen molar-refractivity contribution in [2.75, 3.05) is 26.7 Å². The van der Waals surface area contributed by atoms with E-state index in [1.54, 1.807) is 6.92 Å². The van der Waals surface area contributed by atoms with Crippen LogP contribution in [0.2, 0.25) is 0 Å². The van der Waals surface area contributed by atoms with E-state index in [9.17, 15) is 9.59 Å². The third kappa shape index (κ3) is 6.36. The van der Waals surface area contributed by atoms with Crippen molar-refractivity contribution in [3.63, 3.8) is 0 Å². The first-order valence-corrected chi connectivity index (χ1v) is 3.71. The number of hydrogen-bond donors (Lipinski definition) is 1. The lowest BCUT2D eigenvalue weighted by atomic mass is 10.5. The van der Waals surface area contributed by atoms with Crippen molar-refractivity contribution >= 4 is 24.3 Å². The third-order valence-corrected chi connectivity index (χ3v) is 1.27. The lowest BCUT2D eigenvalue weighted by Crippen LogP contribution is -2.37. The zero-order valence-electron chi connectivity index (χ0n) is 7.78. The van der Waals surface area contributed by atoms with Gasteiger partial charge in [-0.2, -0.15) is 0 Å². The van der Waals surface area contributed by atoms with Crippen LogP contribution in [0.4, 0.5) is 0 Å². The van der Waals surface area contributed by atoms with Crippen molar-refractivity contribution in [3.05, 3.63) is 0 Å². The van der Waals surface area contributed by atoms with E-state index >= 15 is 0 Å². The first kappa shape index (κ1) is 14.7. The summed E-state index contributed by atoms with van der Waals surface area (Å²) in [6.07, 6.45) is 0. The molecule has 2 N–H and O–H groups in total. The summed E-state index contributed by atoms with van der Waals surface area (Å²) in [5.74, 6) is -0.690. The van der Waals surface area contributed by atoms with Gasteiger partial charge in [-0.05, 0) is 6.92 Å². The predicted molar refractivity (Wildman–Crippen MR) is 50.6 cm³/mol. The lowest BCUT2D eigenvalue weighted by Gasteiger charge is -2.14. The van der Waals surface area contributed by atoms with Gasteiger partial charge in [0.15, 0.2) is 0 Å². The average molecular weight is 211 g/mol. The Bertz CT molecular complexity index is 175. The maximum Gasteiger partial charge on any atom is 0.325 e. The molecule has 0 rings (SSSR count). The van der Waals surface area contributed by atoms with Gasteiger partial charge in [0.2, 0.25) is 5.91 Å². The molecule has 0 fully saturated rings. The number of halogens is 1. The second kappa shape index (κ2) is 7.82. The van der Waals surface area contributed by atoms with E-state index in [0.717, 1.165) is 0 Å². The fraction of sp³-hybridized carbons (Fsp3) is 0.714. The molecule has 6 heteroatoms. The largest absolute Gasteiger partial charge is 0.465 e. The summed E-state index contributed by atoms with van der Waals surface area (Å²) in [6, 6.07) is 0. The van der Waals surface area contributed by atoms with Crippen molar-refractivity contribution in [1.29, 1.82) is 0 Å². The van der Waals surface area contributed by atoms with Crippen molar-refractivity contribution < 1.29 is 14.3 Å². The minimum Gasteiger partial charge on any atom is -0.465 e. The number of esters is 1. The Morgan fingerprint density at radius 1 is 1.46 bits per heavy atom. The number of hydrogen-bond acceptors (Lipinski definition) is 4. The van der Waals surface area contributed by atoms with Crippen molar-refractivity contribution in [2.45, 2.75) is 6.92 Å². The van der Waals surface area contributed by atoms with E-state index in [1.165, 1.54) is 11.9 Å². The van der Waals surface area contributed by atoms with E-state index in [-0.39, 0.29) is 31.4 Å². The number of nitrogens with zero attached hydrogens (tertiary/aromatic N) is 1. The SMILES string of the molecule is CCOC(=O)CN(C)C(=O)CN.Cl. The zero-order chi connectivity index (χ0) is 9.56. The van der Waals surface area contributed by atoms with Crippen molar-refractivity contribution in [2.24, 2.45) is 5.73 Å². The summed E-state index contributed by atoms with van der Waals surface area (Å²) < 4.78 is 4.63. The third-order valence-electron chi connectivity index (χ3n) is 1.27. The van der Waals surface area contributed by atoms with Gasteiger partial charge in [0.25, 0.3) is 0 Å². The average Bonchev–Trinajstić information content (AvgIpc) is 2.03. The standard InChI is InChI=1S/C7H14N2O3.ClH/c1-3-12-7(11)5-9(2)6(10)4-8;/h3-5,8H2,1-2H3;1H. The van der Waals surface area contributed by atoms with Crippen LogP contribution in [0.3, 0.4) is 0 Å². The molecular formula is C7H15ClN2O3. The van der Waals surface area contributed by atoms with Gasteiger partial charge < -0.3 is 15.4 Å². The molecule has 0 aliphatic heterocycles. The highest BCUT2D eigenvalue weighted by molar-refractivity contribution is 5.85. The first-order valence-electron chi connectivity index (χ1n) is 3.71. The molecule has 0 aromatic heterocycles. The topological polar surface area (TPSA) is 72.6 Å². The number of amides is 1. The molecule has 13 heavy (non-hydrogen) atoms. The number of carbonyl (C=O) groups is 2. The molecule has 0 spiro atoms. The van der Waals surface area contributed by atoms with Crippen LogP contribution in [0.15, 0.2) is 0 Å². The zero-order valence-corrected chi connectivity index (χ0v) is 8.60. The van der Waals surface area contributed by atoms with E-state index in [1.807, 2.05) is 0 Å². The van der Waals surface area contributed by atoms with Gasteiger partial charge in [-0.15, -0.1) is 12.4 Å². The first-order chi connectivity index (χ1) is 5.61. The quantitative estimate of drug-likeness (QED) is 0.629. The van der Waals surface area contributed by atoms with Crippen LogP contribution < -0.4 is 5.73 Å². The summed E-state index contributed by atoms with van der Waals surface area (Å²) in [4.78, 5) is 22.9. The van der Waals surface area contributed by atoms with Crippen molar-refractivity contribution in [3.8, 4) is 0 Å². The summed E-state index contributed by atoms with van der Waals surface area (Å²) >= 11 is 0. The Morgan fingerprint density at radius 3 is 2.38 bits per heavy atom. The van der Waals surface area contributed by atoms with Gasteiger partial charge >= 0.3 is 5.97 Å². The molecule has 0 aromatic rings. The summed E-state index contributed by atoms with van der Waals surface area (Å²) in [5.41, 5.74) is 5.08. The Hall–Kier alpha value is -0.810. The van der Waals surface area contributed by atoms with E-state index in [2.05, 4.69) is 4.74 Å². The molecule has 0 unspecified atom stereocenters. The summed E-state index contributed by atoms with van der Waals surface area (Å²) in [5, 5.41) is 0. The smallest absolute Gasteiger partial charge is 0.325 e. The number of rotatable bonds is 4. The lowest BCUT2D eigenvalue weighted by molar-refractivity contribution is -0.147. The molecule has 0 atom stereocenters. The normalized spacial score (nSPS) is 8.54. The molecule has 1 amide bonds. The highest BCUT2D eigenvalue weighted by Crippen LogP contribution is 1.85. The Kier molecular flexibility index (Phi) is 8.84. The van der Waals surface area contributed by atoms with Gasteiger partial charge in [-0.1, -0.05) is 0 Å². The van der Waals surface area contributed by atoms with Crippen LogP contribution in [0, 0.1) is 0 Å². The molecule has 0 heterocycles. The van der Waals surface area contributed by atoms with Crippen LogP contribution in [0.25, 0.3) is 0 Å². The van der Waals surface area contributed by atoms with Gasteiger partial charge in [0.1, 0.15) is 6.54 Å². The minimum atomic E-state index is -0.415. The Morgan fingerprint density at radius 2 is 2.00 bits per heavy atom. The van der Waals surface area contributed by atoms with Crippen LogP contribution in [0.1, 0.15) is 6.92 Å². The van der Waals surface area contributed by atoms with Crippen LogP contribution in [-0.2, 0) is 14.3 Å². The molecule has 0 aliphatic carbocycles. The maximum atomic E-state index is 10.8. The van der Waals surface area contributed by atoms with Gasteiger partial charge in [-0.25, -0.2) is 0 Å². The molecule has 0 saturated carbocycles. The molecule has 0 bridgehead atoms. The molecule has 0 radical (unpaired) electrons. The molecule has 78 valence electrons. The number of carbonyl (C=O) groups excluding carboxylic acids is 2. The Labute approximate surface area is 83.6 Å². The van der Waals surface area contributed by atoms with E-state index in [0.29, 0.717) is 6.61 Å². The van der Waals surface area contributed by atoms with E-state index in [4.69, 9.17) is 5.73 Å². The molecule has 0 aromatic carbocycles. The summed E-state index contributed by atoms with van der Waals surface area (Å²) in [7, 11) is 1.51. The van der Waals surface area contributed by atoms with Crippen LogP contribution in [-0.4, -0.2) is 43.5 Å². The Balaban J connectivity index is 0. The molecule has 0 saturated heterocycles. The van der Waals surface area contributed by atoms with E-state index < -0.39 is 5.97 Å². The maximum absolute atomic E-state index is 10.8. The monoisotopic (exact) mass is 210 g/mol. The highest BCUT2D eigenvalue weighted by atomic mass is 35.5. The van der Waals surface area contributed by atoms with Crippen LogP contribution in [0.5, 0.6) is 0 Å². The van der Waals surface area contributed by atoms with Crippen molar-refractivity contribution in [1.82, 2.24) is 4.90 Å². The van der Waals surface area contributed by atoms with Gasteiger partial charge in [0, 0.05) is 7.05 Å². The fourth-order valence-electron chi connectivity index (χ4n) is 0.644. The number of likely N-dealkylation sites (N-methyl/N-ethyl adjacent to an activating group) is 1. The number of nitrogens with two attached hydrogens (primary N) is 1. The number of ether oxygens (including phenoxy) is 1. The fourth-order valence-corrected chi connectivity index (χ4v) is 0.644.